The number of amides is 1. The standard InChI is InChI=1S/C20H33N5O7S2/c1-5-6-22-34(30,31)23-9-14(24-32-4)13-7-12(8-21-13)33-18-10(2)16-15(11(3)26)19(27)25(16)17(18)20(28)29/h10-13,15-16,21-23,26H,5-9H2,1-4H3,(H,28,29)/b24-14+/t10-,11-,12+,13+,15-,16-/m1/s1. The zero-order valence-electron chi connectivity index (χ0n) is 19.6. The van der Waals surface area contributed by atoms with Gasteiger partial charge in [0.2, 0.25) is 5.91 Å². The number of nitrogens with one attached hydrogen (secondary N) is 3. The molecule has 0 aromatic carbocycles. The number of β-lactam (4-membered cyclic amide) rings is 1. The summed E-state index contributed by atoms with van der Waals surface area (Å²) in [7, 11) is -2.28. The van der Waals surface area contributed by atoms with Gasteiger partial charge >= 0.3 is 5.97 Å². The van der Waals surface area contributed by atoms with Gasteiger partial charge in [0.1, 0.15) is 12.8 Å². The molecule has 0 radical (unpaired) electrons. The van der Waals surface area contributed by atoms with E-state index in [-0.39, 0.29) is 41.4 Å². The summed E-state index contributed by atoms with van der Waals surface area (Å²) < 4.78 is 29.0. The largest absolute Gasteiger partial charge is 0.477 e. The van der Waals surface area contributed by atoms with Gasteiger partial charge in [0.15, 0.2) is 0 Å². The number of fused-ring (bicyclic) bond motifs is 1. The van der Waals surface area contributed by atoms with Crippen LogP contribution < -0.4 is 14.8 Å². The summed E-state index contributed by atoms with van der Waals surface area (Å²) in [6.45, 7) is 6.12. The van der Waals surface area contributed by atoms with Crippen LogP contribution in [-0.4, -0.2) is 91.3 Å². The molecule has 6 atom stereocenters. The number of rotatable bonds is 12. The molecule has 12 nitrogen and oxygen atoms in total. The highest BCUT2D eigenvalue weighted by Gasteiger charge is 2.60. The molecule has 3 aliphatic rings. The summed E-state index contributed by atoms with van der Waals surface area (Å²) >= 11 is 1.41. The van der Waals surface area contributed by atoms with Crippen molar-refractivity contribution in [3.63, 3.8) is 0 Å². The molecule has 0 saturated carbocycles. The fourth-order valence-electron chi connectivity index (χ4n) is 4.70. The normalized spacial score (nSPS) is 30.4. The van der Waals surface area contributed by atoms with E-state index in [1.807, 2.05) is 13.8 Å². The van der Waals surface area contributed by atoms with Gasteiger partial charge in [-0.15, -0.1) is 11.8 Å². The van der Waals surface area contributed by atoms with E-state index in [1.54, 1.807) is 6.92 Å². The van der Waals surface area contributed by atoms with Crippen LogP contribution in [-0.2, 0) is 24.6 Å². The van der Waals surface area contributed by atoms with Crippen LogP contribution in [0.2, 0.25) is 0 Å². The van der Waals surface area contributed by atoms with E-state index in [4.69, 9.17) is 4.84 Å². The Hall–Kier alpha value is -1.71. The second kappa shape index (κ2) is 10.9. The Morgan fingerprint density at radius 2 is 2.12 bits per heavy atom. The van der Waals surface area contributed by atoms with Crippen molar-refractivity contribution >= 4 is 39.6 Å². The monoisotopic (exact) mass is 519 g/mol. The molecule has 0 unspecified atom stereocenters. The number of aliphatic carboxylic acids is 1. The smallest absolute Gasteiger partial charge is 0.353 e. The number of thioether (sulfide) groups is 1. The zero-order valence-corrected chi connectivity index (χ0v) is 21.3. The van der Waals surface area contributed by atoms with Crippen LogP contribution in [0.25, 0.3) is 0 Å². The van der Waals surface area contributed by atoms with Gasteiger partial charge in [0.05, 0.1) is 36.4 Å². The topological polar surface area (TPSA) is 170 Å². The lowest BCUT2D eigenvalue weighted by atomic mass is 9.79. The van der Waals surface area contributed by atoms with E-state index in [0.29, 0.717) is 36.5 Å². The molecular formula is C20H33N5O7S2. The van der Waals surface area contributed by atoms with Gasteiger partial charge < -0.3 is 25.3 Å². The summed E-state index contributed by atoms with van der Waals surface area (Å²) in [5.41, 5.74) is 0.473. The molecular weight excluding hydrogens is 486 g/mol. The third-order valence-electron chi connectivity index (χ3n) is 6.29. The van der Waals surface area contributed by atoms with Gasteiger partial charge in [0, 0.05) is 29.2 Å². The molecule has 192 valence electrons. The Labute approximate surface area is 203 Å². The molecule has 3 heterocycles. The maximum atomic E-state index is 12.5. The van der Waals surface area contributed by atoms with E-state index in [9.17, 15) is 28.2 Å². The zero-order chi connectivity index (χ0) is 25.2. The summed E-state index contributed by atoms with van der Waals surface area (Å²) in [6, 6.07) is -0.623. The SMILES string of the molecule is CCCNS(=O)(=O)NC/C(=N\OC)[C@@H]1C[C@H](SC2=C(C(=O)O)N3C(=O)[C@H]([C@@H](C)O)[C@H]3[C@H]2C)CN1. The Kier molecular flexibility index (Phi) is 8.63. The van der Waals surface area contributed by atoms with Crippen LogP contribution in [0.4, 0.5) is 0 Å². The summed E-state index contributed by atoms with van der Waals surface area (Å²) in [4.78, 5) is 31.4. The Morgan fingerprint density at radius 3 is 2.71 bits per heavy atom. The summed E-state index contributed by atoms with van der Waals surface area (Å²) in [5, 5.41) is 27.1. The lowest BCUT2D eigenvalue weighted by Crippen LogP contribution is -2.63. The van der Waals surface area contributed by atoms with Gasteiger partial charge in [-0.3, -0.25) is 4.79 Å². The number of hydrogen-bond donors (Lipinski definition) is 5. The van der Waals surface area contributed by atoms with Crippen molar-refractivity contribution in [2.24, 2.45) is 17.0 Å². The molecule has 2 saturated heterocycles. The lowest BCUT2D eigenvalue weighted by molar-refractivity contribution is -0.163. The molecule has 0 aliphatic carbocycles. The highest BCUT2D eigenvalue weighted by molar-refractivity contribution is 8.03. The minimum Gasteiger partial charge on any atom is -0.477 e. The second-order valence-corrected chi connectivity index (χ2v) is 11.6. The van der Waals surface area contributed by atoms with Crippen LogP contribution in [0.5, 0.6) is 0 Å². The molecule has 14 heteroatoms. The summed E-state index contributed by atoms with van der Waals surface area (Å²) in [6.07, 6.45) is 0.382. The van der Waals surface area contributed by atoms with Crippen molar-refractivity contribution in [2.75, 3.05) is 26.7 Å². The first-order valence-electron chi connectivity index (χ1n) is 11.2. The number of aliphatic hydroxyl groups excluding tert-OH is 1. The molecule has 0 aromatic heterocycles. The Balaban J connectivity index is 1.68. The van der Waals surface area contributed by atoms with Crippen LogP contribution in [0.3, 0.4) is 0 Å². The fourth-order valence-corrected chi connectivity index (χ4v) is 7.09. The molecule has 0 spiro atoms. The highest BCUT2D eigenvalue weighted by Crippen LogP contribution is 2.51. The van der Waals surface area contributed by atoms with E-state index >= 15 is 0 Å². The molecule has 3 aliphatic heterocycles. The predicted octanol–water partition coefficient (Wildman–Crippen LogP) is -0.560. The second-order valence-electron chi connectivity index (χ2n) is 8.69. The lowest BCUT2D eigenvalue weighted by Gasteiger charge is -2.46. The van der Waals surface area contributed by atoms with Crippen molar-refractivity contribution in [1.29, 1.82) is 0 Å². The highest BCUT2D eigenvalue weighted by atomic mass is 32.2. The molecule has 0 aromatic rings. The number of carbonyl (C=O) groups is 2. The Morgan fingerprint density at radius 1 is 1.41 bits per heavy atom. The summed E-state index contributed by atoms with van der Waals surface area (Å²) in [5.74, 6) is -2.34. The average molecular weight is 520 g/mol. The van der Waals surface area contributed by atoms with Crippen LogP contribution >= 0.6 is 11.8 Å². The molecule has 34 heavy (non-hydrogen) atoms. The van der Waals surface area contributed by atoms with Crippen molar-refractivity contribution in [3.05, 3.63) is 10.6 Å². The van der Waals surface area contributed by atoms with Gasteiger partial charge in [-0.05, 0) is 19.8 Å². The van der Waals surface area contributed by atoms with Crippen LogP contribution in [0.1, 0.15) is 33.6 Å². The minimum absolute atomic E-state index is 0.00612. The van der Waals surface area contributed by atoms with Crippen molar-refractivity contribution < 1.29 is 33.1 Å². The number of carboxylic acid groups (broad SMARTS) is 1. The third-order valence-corrected chi connectivity index (χ3v) is 8.91. The van der Waals surface area contributed by atoms with E-state index in [0.717, 1.165) is 0 Å². The fraction of sp³-hybridized carbons (Fsp3) is 0.750. The first-order valence-corrected chi connectivity index (χ1v) is 13.6. The molecule has 0 bridgehead atoms. The van der Waals surface area contributed by atoms with Crippen LogP contribution in [0, 0.1) is 11.8 Å². The average Bonchev–Trinajstić information content (AvgIpc) is 3.31. The molecule has 2 fully saturated rings. The van der Waals surface area contributed by atoms with Gasteiger partial charge in [-0.2, -0.15) is 13.1 Å². The number of carboxylic acids is 1. The Bertz CT molecular complexity index is 968. The third kappa shape index (κ3) is 5.41. The number of oxime groups is 1. The molecule has 5 N–H and O–H groups in total. The number of carbonyl (C=O) groups excluding carboxylic acids is 1. The minimum atomic E-state index is -3.67. The maximum absolute atomic E-state index is 12.5. The molecule has 3 rings (SSSR count). The van der Waals surface area contributed by atoms with Crippen molar-refractivity contribution in [1.82, 2.24) is 19.7 Å². The number of nitrogens with zero attached hydrogens (tertiary/aromatic N) is 2. The van der Waals surface area contributed by atoms with Gasteiger partial charge in [-0.25, -0.2) is 9.52 Å². The van der Waals surface area contributed by atoms with E-state index in [1.165, 1.54) is 23.8 Å². The van der Waals surface area contributed by atoms with Gasteiger partial charge in [-0.1, -0.05) is 19.0 Å². The number of hydrogen-bond acceptors (Lipinski definition) is 9. The van der Waals surface area contributed by atoms with Crippen LogP contribution in [0.15, 0.2) is 15.8 Å². The number of aliphatic hydroxyl groups is 1. The first kappa shape index (κ1) is 26.9. The van der Waals surface area contributed by atoms with E-state index in [2.05, 4.69) is 19.9 Å². The van der Waals surface area contributed by atoms with E-state index < -0.39 is 28.2 Å². The molecule has 1 amide bonds. The quantitative estimate of drug-likeness (QED) is 0.129. The van der Waals surface area contributed by atoms with Gasteiger partial charge in [0.25, 0.3) is 10.2 Å². The predicted molar refractivity (Wildman–Crippen MR) is 127 cm³/mol. The maximum Gasteiger partial charge on any atom is 0.353 e. The van der Waals surface area contributed by atoms with Crippen molar-refractivity contribution in [2.45, 2.75) is 57.1 Å². The first-order chi connectivity index (χ1) is 16.0. The van der Waals surface area contributed by atoms with Crippen molar-refractivity contribution in [3.8, 4) is 0 Å².